The average molecular weight is 349 g/mol. The SMILES string of the molecule is CCOc1ccccc1OCCNCCS(=O)(=O)c1ccccc1. The highest BCUT2D eigenvalue weighted by Crippen LogP contribution is 2.25. The van der Waals surface area contributed by atoms with E-state index < -0.39 is 9.84 Å². The zero-order valence-electron chi connectivity index (χ0n) is 13.8. The summed E-state index contributed by atoms with van der Waals surface area (Å²) < 4.78 is 35.4. The van der Waals surface area contributed by atoms with Crippen LogP contribution in [0.4, 0.5) is 0 Å². The van der Waals surface area contributed by atoms with E-state index in [0.29, 0.717) is 42.7 Å². The van der Waals surface area contributed by atoms with Crippen molar-refractivity contribution >= 4 is 9.84 Å². The number of hydrogen-bond donors (Lipinski definition) is 1. The Morgan fingerprint density at radius 3 is 2.17 bits per heavy atom. The molecule has 0 aromatic heterocycles. The number of ether oxygens (including phenoxy) is 2. The Morgan fingerprint density at radius 2 is 1.50 bits per heavy atom. The molecule has 0 unspecified atom stereocenters. The molecule has 24 heavy (non-hydrogen) atoms. The van der Waals surface area contributed by atoms with Crippen LogP contribution in [-0.4, -0.2) is 40.5 Å². The maximum atomic E-state index is 12.1. The van der Waals surface area contributed by atoms with Crippen LogP contribution in [-0.2, 0) is 9.84 Å². The van der Waals surface area contributed by atoms with E-state index >= 15 is 0 Å². The van der Waals surface area contributed by atoms with Gasteiger partial charge in [-0.2, -0.15) is 0 Å². The van der Waals surface area contributed by atoms with Crippen LogP contribution in [0.25, 0.3) is 0 Å². The minimum absolute atomic E-state index is 0.0620. The quantitative estimate of drug-likeness (QED) is 0.668. The zero-order chi connectivity index (χ0) is 17.3. The second-order valence-corrected chi connectivity index (χ2v) is 7.22. The van der Waals surface area contributed by atoms with Crippen molar-refractivity contribution in [1.82, 2.24) is 5.32 Å². The van der Waals surface area contributed by atoms with Crippen molar-refractivity contribution in [1.29, 1.82) is 0 Å². The Morgan fingerprint density at radius 1 is 0.875 bits per heavy atom. The summed E-state index contributed by atoms with van der Waals surface area (Å²) in [7, 11) is -3.24. The van der Waals surface area contributed by atoms with Gasteiger partial charge in [0.1, 0.15) is 6.61 Å². The third kappa shape index (κ3) is 5.54. The monoisotopic (exact) mass is 349 g/mol. The van der Waals surface area contributed by atoms with Crippen LogP contribution < -0.4 is 14.8 Å². The number of para-hydroxylation sites is 2. The van der Waals surface area contributed by atoms with Gasteiger partial charge < -0.3 is 14.8 Å². The third-order valence-corrected chi connectivity index (χ3v) is 5.07. The van der Waals surface area contributed by atoms with Crippen LogP contribution >= 0.6 is 0 Å². The summed E-state index contributed by atoms with van der Waals surface area (Å²) in [6.45, 7) is 3.88. The summed E-state index contributed by atoms with van der Waals surface area (Å²) in [5.74, 6) is 1.47. The highest BCUT2D eigenvalue weighted by Gasteiger charge is 2.12. The van der Waals surface area contributed by atoms with Gasteiger partial charge in [-0.05, 0) is 31.2 Å². The molecule has 0 bridgehead atoms. The highest BCUT2D eigenvalue weighted by molar-refractivity contribution is 7.91. The smallest absolute Gasteiger partial charge is 0.179 e. The molecule has 0 amide bonds. The molecular weight excluding hydrogens is 326 g/mol. The maximum absolute atomic E-state index is 12.1. The van der Waals surface area contributed by atoms with Crippen molar-refractivity contribution in [2.45, 2.75) is 11.8 Å². The Kier molecular flexibility index (Phi) is 7.08. The lowest BCUT2D eigenvalue weighted by atomic mass is 10.3. The van der Waals surface area contributed by atoms with Gasteiger partial charge >= 0.3 is 0 Å². The van der Waals surface area contributed by atoms with Crippen molar-refractivity contribution in [3.05, 3.63) is 54.6 Å². The predicted octanol–water partition coefficient (Wildman–Crippen LogP) is 2.53. The third-order valence-electron chi connectivity index (χ3n) is 3.34. The first kappa shape index (κ1) is 18.3. The van der Waals surface area contributed by atoms with Crippen LogP contribution in [0, 0.1) is 0 Å². The molecule has 2 aromatic rings. The predicted molar refractivity (Wildman–Crippen MR) is 94.5 cm³/mol. The topological polar surface area (TPSA) is 64.6 Å². The van der Waals surface area contributed by atoms with Gasteiger partial charge in [0, 0.05) is 13.1 Å². The molecule has 1 N–H and O–H groups in total. The largest absolute Gasteiger partial charge is 0.490 e. The Bertz CT molecular complexity index is 717. The second-order valence-electron chi connectivity index (χ2n) is 5.11. The van der Waals surface area contributed by atoms with Gasteiger partial charge in [-0.15, -0.1) is 0 Å². The van der Waals surface area contributed by atoms with Crippen molar-refractivity contribution in [2.75, 3.05) is 32.1 Å². The minimum atomic E-state index is -3.24. The number of rotatable bonds is 10. The van der Waals surface area contributed by atoms with Gasteiger partial charge in [-0.25, -0.2) is 8.42 Å². The van der Waals surface area contributed by atoms with Crippen molar-refractivity contribution in [3.63, 3.8) is 0 Å². The average Bonchev–Trinajstić information content (AvgIpc) is 2.60. The van der Waals surface area contributed by atoms with Crippen LogP contribution in [0.5, 0.6) is 11.5 Å². The maximum Gasteiger partial charge on any atom is 0.179 e. The molecule has 0 spiro atoms. The molecule has 0 atom stereocenters. The lowest BCUT2D eigenvalue weighted by Gasteiger charge is -2.12. The summed E-state index contributed by atoms with van der Waals surface area (Å²) in [6, 6.07) is 16.0. The molecule has 2 aromatic carbocycles. The van der Waals surface area contributed by atoms with E-state index in [1.165, 1.54) is 0 Å². The first-order valence-electron chi connectivity index (χ1n) is 7.96. The summed E-state index contributed by atoms with van der Waals surface area (Å²) in [5, 5.41) is 3.09. The second kappa shape index (κ2) is 9.30. The fraction of sp³-hybridized carbons (Fsp3) is 0.333. The van der Waals surface area contributed by atoms with Crippen LogP contribution in [0.15, 0.2) is 59.5 Å². The van der Waals surface area contributed by atoms with Crippen LogP contribution in [0.2, 0.25) is 0 Å². The first-order chi connectivity index (χ1) is 11.6. The first-order valence-corrected chi connectivity index (χ1v) is 9.62. The van der Waals surface area contributed by atoms with E-state index in [4.69, 9.17) is 9.47 Å². The Balaban J connectivity index is 1.71. The van der Waals surface area contributed by atoms with E-state index in [1.807, 2.05) is 31.2 Å². The number of nitrogens with one attached hydrogen (secondary N) is 1. The Hall–Kier alpha value is -2.05. The molecular formula is C18H23NO4S. The van der Waals surface area contributed by atoms with E-state index in [-0.39, 0.29) is 5.75 Å². The molecule has 6 heteroatoms. The molecule has 0 aliphatic carbocycles. The molecule has 0 saturated heterocycles. The van der Waals surface area contributed by atoms with E-state index in [9.17, 15) is 8.42 Å². The lowest BCUT2D eigenvalue weighted by molar-refractivity contribution is 0.276. The zero-order valence-corrected chi connectivity index (χ0v) is 14.6. The molecule has 0 heterocycles. The lowest BCUT2D eigenvalue weighted by Crippen LogP contribution is -2.27. The molecule has 0 aliphatic rings. The van der Waals surface area contributed by atoms with Crippen molar-refractivity contribution in [2.24, 2.45) is 0 Å². The molecule has 0 radical (unpaired) electrons. The van der Waals surface area contributed by atoms with E-state index in [0.717, 1.165) is 0 Å². The number of sulfone groups is 1. The molecule has 2 rings (SSSR count). The van der Waals surface area contributed by atoms with Crippen LogP contribution in [0.1, 0.15) is 6.92 Å². The standard InChI is InChI=1S/C18H23NO4S/c1-2-22-17-10-6-7-11-18(17)23-14-12-19-13-15-24(20,21)16-8-4-3-5-9-16/h3-11,19H,2,12-15H2,1H3. The molecule has 5 nitrogen and oxygen atoms in total. The Labute approximate surface area is 143 Å². The minimum Gasteiger partial charge on any atom is -0.490 e. The van der Waals surface area contributed by atoms with Gasteiger partial charge in [-0.3, -0.25) is 0 Å². The normalized spacial score (nSPS) is 11.2. The number of hydrogen-bond acceptors (Lipinski definition) is 5. The van der Waals surface area contributed by atoms with Gasteiger partial charge in [0.15, 0.2) is 21.3 Å². The summed E-state index contributed by atoms with van der Waals surface area (Å²) in [6.07, 6.45) is 0. The van der Waals surface area contributed by atoms with E-state index in [2.05, 4.69) is 5.32 Å². The van der Waals surface area contributed by atoms with Gasteiger partial charge in [-0.1, -0.05) is 30.3 Å². The number of benzene rings is 2. The highest BCUT2D eigenvalue weighted by atomic mass is 32.2. The summed E-state index contributed by atoms with van der Waals surface area (Å²) in [4.78, 5) is 0.355. The van der Waals surface area contributed by atoms with Gasteiger partial charge in [0.25, 0.3) is 0 Å². The van der Waals surface area contributed by atoms with Gasteiger partial charge in [0.2, 0.25) is 0 Å². The molecule has 0 fully saturated rings. The van der Waals surface area contributed by atoms with E-state index in [1.54, 1.807) is 30.3 Å². The van der Waals surface area contributed by atoms with Crippen LogP contribution in [0.3, 0.4) is 0 Å². The summed E-state index contributed by atoms with van der Waals surface area (Å²) >= 11 is 0. The summed E-state index contributed by atoms with van der Waals surface area (Å²) in [5.41, 5.74) is 0. The molecule has 0 saturated carbocycles. The molecule has 130 valence electrons. The molecule has 0 aliphatic heterocycles. The van der Waals surface area contributed by atoms with Crippen molar-refractivity contribution < 1.29 is 17.9 Å². The fourth-order valence-electron chi connectivity index (χ4n) is 2.15. The van der Waals surface area contributed by atoms with Crippen molar-refractivity contribution in [3.8, 4) is 11.5 Å². The fourth-order valence-corrected chi connectivity index (χ4v) is 3.38. The van der Waals surface area contributed by atoms with Gasteiger partial charge in [0.05, 0.1) is 17.3 Å².